The first-order chi connectivity index (χ1) is 7.54. The average Bonchev–Trinajstić information content (AvgIpc) is 2.66. The molecule has 0 aliphatic carbocycles. The third kappa shape index (κ3) is 3.20. The van der Waals surface area contributed by atoms with Crippen molar-refractivity contribution in [3.8, 4) is 0 Å². The molecule has 0 radical (unpaired) electrons. The fraction of sp³-hybridized carbons (Fsp3) is 0.455. The molecule has 0 saturated carbocycles. The third-order valence-corrected chi connectivity index (χ3v) is 2.08. The van der Waals surface area contributed by atoms with Crippen LogP contribution in [0.15, 0.2) is 16.5 Å². The van der Waals surface area contributed by atoms with Gasteiger partial charge < -0.3 is 14.3 Å². The van der Waals surface area contributed by atoms with E-state index in [0.29, 0.717) is 6.61 Å². The summed E-state index contributed by atoms with van der Waals surface area (Å²) in [6, 6.07) is 2.65. The Balaban J connectivity index is 2.62. The normalized spacial score (nSPS) is 12.4. The highest BCUT2D eigenvalue weighted by Gasteiger charge is 2.17. The fourth-order valence-corrected chi connectivity index (χ4v) is 1.36. The van der Waals surface area contributed by atoms with E-state index in [-0.39, 0.29) is 29.6 Å². The first-order valence-electron chi connectivity index (χ1n) is 4.90. The van der Waals surface area contributed by atoms with Gasteiger partial charge in [-0.2, -0.15) is 0 Å². The molecular weight excluding hydrogens is 212 g/mol. The van der Waals surface area contributed by atoms with E-state index in [0.717, 1.165) is 0 Å². The largest absolute Gasteiger partial charge is 0.475 e. The topological polar surface area (TPSA) is 76.7 Å². The van der Waals surface area contributed by atoms with Crippen LogP contribution in [0.5, 0.6) is 0 Å². The smallest absolute Gasteiger partial charge is 0.371 e. The summed E-state index contributed by atoms with van der Waals surface area (Å²) < 4.78 is 9.80. The van der Waals surface area contributed by atoms with Crippen molar-refractivity contribution < 1.29 is 23.8 Å². The van der Waals surface area contributed by atoms with E-state index >= 15 is 0 Å². The lowest BCUT2D eigenvalue weighted by atomic mass is 10.0. The van der Waals surface area contributed by atoms with Gasteiger partial charge in [-0.05, 0) is 18.1 Å². The summed E-state index contributed by atoms with van der Waals surface area (Å²) >= 11 is 0. The number of rotatable bonds is 6. The number of aromatic carboxylic acids is 1. The van der Waals surface area contributed by atoms with E-state index in [9.17, 15) is 9.59 Å². The summed E-state index contributed by atoms with van der Waals surface area (Å²) in [5, 5.41) is 8.62. The number of hydrogen-bond acceptors (Lipinski definition) is 4. The second kappa shape index (κ2) is 5.46. The summed E-state index contributed by atoms with van der Waals surface area (Å²) in [6.45, 7) is 2.36. The van der Waals surface area contributed by atoms with Crippen molar-refractivity contribution in [2.45, 2.75) is 13.3 Å². The molecule has 88 valence electrons. The molecule has 5 nitrogen and oxygen atoms in total. The van der Waals surface area contributed by atoms with Crippen molar-refractivity contribution in [2.75, 3.05) is 13.7 Å². The van der Waals surface area contributed by atoms with E-state index in [1.807, 2.05) is 6.92 Å². The van der Waals surface area contributed by atoms with E-state index in [2.05, 4.69) is 0 Å². The predicted octanol–water partition coefficient (Wildman–Crippen LogP) is 1.83. The molecule has 1 N–H and O–H groups in total. The summed E-state index contributed by atoms with van der Waals surface area (Å²) in [6.07, 6.45) is 0.278. The molecule has 5 heteroatoms. The van der Waals surface area contributed by atoms with Crippen LogP contribution >= 0.6 is 0 Å². The Morgan fingerprint density at radius 2 is 2.06 bits per heavy atom. The lowest BCUT2D eigenvalue weighted by molar-refractivity contribution is 0.0659. The molecule has 0 amide bonds. The number of carbonyl (C=O) groups is 2. The Labute approximate surface area is 93.0 Å². The molecule has 0 spiro atoms. The minimum atomic E-state index is -1.18. The Bertz CT molecular complexity index is 379. The Morgan fingerprint density at radius 1 is 1.44 bits per heavy atom. The van der Waals surface area contributed by atoms with Crippen molar-refractivity contribution in [1.82, 2.24) is 0 Å². The van der Waals surface area contributed by atoms with Gasteiger partial charge in [-0.15, -0.1) is 0 Å². The van der Waals surface area contributed by atoms with Crippen molar-refractivity contribution in [2.24, 2.45) is 5.92 Å². The summed E-state index contributed by atoms with van der Waals surface area (Å²) in [7, 11) is 1.57. The molecule has 1 unspecified atom stereocenters. The van der Waals surface area contributed by atoms with Gasteiger partial charge in [0.05, 0.1) is 0 Å². The van der Waals surface area contributed by atoms with Gasteiger partial charge in [0.2, 0.25) is 5.76 Å². The lowest BCUT2D eigenvalue weighted by Gasteiger charge is -2.07. The fourth-order valence-electron chi connectivity index (χ4n) is 1.36. The van der Waals surface area contributed by atoms with E-state index in [4.69, 9.17) is 14.3 Å². The van der Waals surface area contributed by atoms with E-state index in [1.54, 1.807) is 7.11 Å². The van der Waals surface area contributed by atoms with Crippen LogP contribution in [0.1, 0.15) is 34.5 Å². The Hall–Kier alpha value is -1.62. The molecular formula is C11H14O5. The number of carbonyl (C=O) groups excluding carboxylic acids is 1. The van der Waals surface area contributed by atoms with Crippen molar-refractivity contribution in [3.63, 3.8) is 0 Å². The molecule has 0 aliphatic rings. The molecule has 0 fully saturated rings. The minimum absolute atomic E-state index is 0.0795. The zero-order chi connectivity index (χ0) is 12.1. The molecule has 1 rings (SSSR count). The van der Waals surface area contributed by atoms with Gasteiger partial charge in [-0.25, -0.2) is 4.79 Å². The maximum Gasteiger partial charge on any atom is 0.371 e. The predicted molar refractivity (Wildman–Crippen MR) is 55.7 cm³/mol. The highest BCUT2D eigenvalue weighted by molar-refractivity contribution is 5.95. The van der Waals surface area contributed by atoms with Gasteiger partial charge >= 0.3 is 5.97 Å². The highest BCUT2D eigenvalue weighted by Crippen LogP contribution is 2.13. The highest BCUT2D eigenvalue weighted by atomic mass is 16.5. The first kappa shape index (κ1) is 12.4. The Morgan fingerprint density at radius 3 is 2.56 bits per heavy atom. The van der Waals surface area contributed by atoms with Crippen molar-refractivity contribution >= 4 is 11.8 Å². The van der Waals surface area contributed by atoms with Crippen LogP contribution in [0, 0.1) is 5.92 Å². The first-order valence-corrected chi connectivity index (χ1v) is 4.90. The van der Waals surface area contributed by atoms with Crippen LogP contribution < -0.4 is 0 Å². The van der Waals surface area contributed by atoms with E-state index < -0.39 is 5.97 Å². The minimum Gasteiger partial charge on any atom is -0.475 e. The lowest BCUT2D eigenvalue weighted by Crippen LogP contribution is -2.10. The van der Waals surface area contributed by atoms with Gasteiger partial charge in [0, 0.05) is 20.1 Å². The summed E-state index contributed by atoms with van der Waals surface area (Å²) in [5.41, 5.74) is 0. The molecule has 1 aromatic heterocycles. The Kier molecular flexibility index (Phi) is 4.25. The van der Waals surface area contributed by atoms with Crippen LogP contribution in [-0.2, 0) is 4.74 Å². The number of carboxylic acids is 1. The maximum absolute atomic E-state index is 11.6. The van der Waals surface area contributed by atoms with Crippen molar-refractivity contribution in [1.29, 1.82) is 0 Å². The standard InChI is InChI=1S/C11H14O5/c1-7(6-15-2)5-8(12)9-3-4-10(16-9)11(13)14/h3-4,7H,5-6H2,1-2H3,(H,13,14). The zero-order valence-electron chi connectivity index (χ0n) is 9.23. The molecule has 1 atom stereocenters. The molecule has 16 heavy (non-hydrogen) atoms. The molecule has 0 saturated heterocycles. The third-order valence-electron chi connectivity index (χ3n) is 2.08. The average molecular weight is 226 g/mol. The van der Waals surface area contributed by atoms with Crippen LogP contribution in [0.2, 0.25) is 0 Å². The second-order valence-corrected chi connectivity index (χ2v) is 3.66. The van der Waals surface area contributed by atoms with Gasteiger partial charge in [0.25, 0.3) is 0 Å². The van der Waals surface area contributed by atoms with Gasteiger partial charge in [-0.3, -0.25) is 4.79 Å². The second-order valence-electron chi connectivity index (χ2n) is 3.66. The number of methoxy groups -OCH3 is 1. The molecule has 0 aromatic carbocycles. The number of furan rings is 1. The molecule has 1 heterocycles. The van der Waals surface area contributed by atoms with Gasteiger partial charge in [0.15, 0.2) is 11.5 Å². The van der Waals surface area contributed by atoms with Gasteiger partial charge in [-0.1, -0.05) is 6.92 Å². The summed E-state index contributed by atoms with van der Waals surface area (Å²) in [4.78, 5) is 22.2. The number of ether oxygens (including phenoxy) is 1. The van der Waals surface area contributed by atoms with Crippen LogP contribution in [0.4, 0.5) is 0 Å². The van der Waals surface area contributed by atoms with Crippen molar-refractivity contribution in [3.05, 3.63) is 23.7 Å². The quantitative estimate of drug-likeness (QED) is 0.749. The number of Topliss-reactive ketones (excluding diaryl/α,β-unsaturated/α-hetero) is 1. The number of carboxylic acid groups (broad SMARTS) is 1. The molecule has 1 aromatic rings. The molecule has 0 aliphatic heterocycles. The maximum atomic E-state index is 11.6. The monoisotopic (exact) mass is 226 g/mol. The molecule has 0 bridgehead atoms. The van der Waals surface area contributed by atoms with Crippen LogP contribution in [0.3, 0.4) is 0 Å². The summed E-state index contributed by atoms with van der Waals surface area (Å²) in [5.74, 6) is -1.44. The van der Waals surface area contributed by atoms with Crippen LogP contribution in [-0.4, -0.2) is 30.6 Å². The van der Waals surface area contributed by atoms with Crippen LogP contribution in [0.25, 0.3) is 0 Å². The SMILES string of the molecule is COCC(C)CC(=O)c1ccc(C(=O)O)o1. The number of hydrogen-bond donors (Lipinski definition) is 1. The van der Waals surface area contributed by atoms with Gasteiger partial charge in [0.1, 0.15) is 0 Å². The number of ketones is 1. The van der Waals surface area contributed by atoms with E-state index in [1.165, 1.54) is 12.1 Å². The zero-order valence-corrected chi connectivity index (χ0v) is 9.23.